The quantitative estimate of drug-likeness (QED) is 0.563. The summed E-state index contributed by atoms with van der Waals surface area (Å²) in [5, 5.41) is 9.17. The molecule has 1 heterocycles. The fourth-order valence-electron chi connectivity index (χ4n) is 5.07. The van der Waals surface area contributed by atoms with Gasteiger partial charge in [-0.1, -0.05) is 43.7 Å². The van der Waals surface area contributed by atoms with Crippen molar-refractivity contribution in [3.05, 3.63) is 53.8 Å². The van der Waals surface area contributed by atoms with Gasteiger partial charge in [0.25, 0.3) is 0 Å². The van der Waals surface area contributed by atoms with E-state index in [2.05, 4.69) is 11.8 Å². The summed E-state index contributed by atoms with van der Waals surface area (Å²) in [6, 6.07) is 13.3. The lowest BCUT2D eigenvalue weighted by Gasteiger charge is -2.30. The molecule has 2 fully saturated rings. The molecule has 0 unspecified atom stereocenters. The number of aliphatic carboxylic acids is 1. The minimum Gasteiger partial charge on any atom is -0.490 e. The zero-order valence-electron chi connectivity index (χ0n) is 18.9. The Morgan fingerprint density at radius 3 is 2.34 bits per heavy atom. The number of carboxylic acids is 1. The molecule has 1 aliphatic carbocycles. The number of hydrogen-bond acceptors (Lipinski definition) is 3. The van der Waals surface area contributed by atoms with Gasteiger partial charge in [0, 0.05) is 17.7 Å². The summed E-state index contributed by atoms with van der Waals surface area (Å²) >= 11 is 0. The van der Waals surface area contributed by atoms with Crippen LogP contribution >= 0.6 is 0 Å². The van der Waals surface area contributed by atoms with Gasteiger partial charge in [0.05, 0.1) is 12.0 Å². The zero-order valence-corrected chi connectivity index (χ0v) is 18.9. The number of likely N-dealkylation sites (tertiary alicyclic amines) is 1. The Balaban J connectivity index is 1.38. The monoisotopic (exact) mass is 439 g/mol. The first-order valence-electron chi connectivity index (χ1n) is 12.0. The van der Waals surface area contributed by atoms with Gasteiger partial charge in [-0.3, -0.25) is 9.69 Å². The van der Waals surface area contributed by atoms with Crippen molar-refractivity contribution < 1.29 is 19.0 Å². The van der Waals surface area contributed by atoms with E-state index >= 15 is 4.39 Å². The maximum atomic E-state index is 15.3. The predicted octanol–water partition coefficient (Wildman–Crippen LogP) is 6.14. The van der Waals surface area contributed by atoms with Gasteiger partial charge in [0.2, 0.25) is 0 Å². The Morgan fingerprint density at radius 1 is 1.03 bits per heavy atom. The molecular formula is C27H34FNO3. The number of carbonyl (C=O) groups is 1. The lowest BCUT2D eigenvalue weighted by Crippen LogP contribution is -2.36. The second-order valence-electron chi connectivity index (χ2n) is 9.36. The second-order valence-corrected chi connectivity index (χ2v) is 9.36. The Morgan fingerprint density at radius 2 is 1.72 bits per heavy atom. The lowest BCUT2D eigenvalue weighted by molar-refractivity contribution is -0.143. The summed E-state index contributed by atoms with van der Waals surface area (Å²) in [4.78, 5) is 13.3. The number of benzene rings is 2. The molecule has 0 spiro atoms. The Bertz CT molecular complexity index is 898. The van der Waals surface area contributed by atoms with Crippen LogP contribution in [0.1, 0.15) is 57.4 Å². The minimum absolute atomic E-state index is 0.195. The molecule has 1 saturated carbocycles. The number of nitrogens with zero attached hydrogens (tertiary/aromatic N) is 1. The normalized spacial score (nSPS) is 22.6. The van der Waals surface area contributed by atoms with Crippen molar-refractivity contribution in [3.63, 3.8) is 0 Å². The van der Waals surface area contributed by atoms with Crippen LogP contribution in [0.5, 0.6) is 5.75 Å². The van der Waals surface area contributed by atoms with Crippen LogP contribution in [-0.2, 0) is 11.3 Å². The molecule has 0 amide bonds. The van der Waals surface area contributed by atoms with Crippen LogP contribution in [0.15, 0.2) is 42.5 Å². The van der Waals surface area contributed by atoms with Crippen molar-refractivity contribution in [3.8, 4) is 16.9 Å². The molecule has 2 aromatic rings. The first-order chi connectivity index (χ1) is 15.5. The van der Waals surface area contributed by atoms with Gasteiger partial charge >= 0.3 is 5.97 Å². The van der Waals surface area contributed by atoms with Crippen molar-refractivity contribution in [2.24, 2.45) is 11.8 Å². The van der Waals surface area contributed by atoms with Gasteiger partial charge in [0.1, 0.15) is 11.6 Å². The van der Waals surface area contributed by atoms with E-state index in [-0.39, 0.29) is 17.8 Å². The minimum atomic E-state index is -0.723. The SMILES string of the molecule is CCC1CCC(Oc2ccc(-c3cccc(CN4CCC(C(=O)O)CC4)c3F)cc2)CC1. The first-order valence-corrected chi connectivity index (χ1v) is 12.0. The van der Waals surface area contributed by atoms with Crippen LogP contribution in [0, 0.1) is 17.7 Å². The summed E-state index contributed by atoms with van der Waals surface area (Å²) in [6.45, 7) is 4.15. The van der Waals surface area contributed by atoms with Crippen LogP contribution in [0.4, 0.5) is 4.39 Å². The fourth-order valence-corrected chi connectivity index (χ4v) is 5.07. The molecule has 32 heavy (non-hydrogen) atoms. The number of piperidine rings is 1. The third kappa shape index (κ3) is 5.50. The lowest BCUT2D eigenvalue weighted by atomic mass is 9.86. The highest BCUT2D eigenvalue weighted by atomic mass is 19.1. The highest BCUT2D eigenvalue weighted by Crippen LogP contribution is 2.31. The largest absolute Gasteiger partial charge is 0.490 e. The van der Waals surface area contributed by atoms with E-state index < -0.39 is 5.97 Å². The van der Waals surface area contributed by atoms with Crippen molar-refractivity contribution in [2.45, 2.75) is 64.5 Å². The molecular weight excluding hydrogens is 405 g/mol. The van der Waals surface area contributed by atoms with Crippen LogP contribution in [0.2, 0.25) is 0 Å². The molecule has 4 nitrogen and oxygen atoms in total. The van der Waals surface area contributed by atoms with Crippen LogP contribution in [-0.4, -0.2) is 35.2 Å². The van der Waals surface area contributed by atoms with Crippen molar-refractivity contribution in [2.75, 3.05) is 13.1 Å². The van der Waals surface area contributed by atoms with Crippen molar-refractivity contribution >= 4 is 5.97 Å². The van der Waals surface area contributed by atoms with Gasteiger partial charge in [-0.15, -0.1) is 0 Å². The smallest absolute Gasteiger partial charge is 0.306 e. The molecule has 1 N–H and O–H groups in total. The van der Waals surface area contributed by atoms with E-state index in [1.165, 1.54) is 19.3 Å². The summed E-state index contributed by atoms with van der Waals surface area (Å²) in [7, 11) is 0. The predicted molar refractivity (Wildman–Crippen MR) is 124 cm³/mol. The average molecular weight is 440 g/mol. The Hall–Kier alpha value is -2.40. The Labute approximate surface area is 190 Å². The highest BCUT2D eigenvalue weighted by Gasteiger charge is 2.25. The van der Waals surface area contributed by atoms with Gasteiger partial charge in [-0.2, -0.15) is 0 Å². The molecule has 2 aromatic carbocycles. The van der Waals surface area contributed by atoms with E-state index in [0.717, 1.165) is 30.1 Å². The third-order valence-corrected chi connectivity index (χ3v) is 7.25. The van der Waals surface area contributed by atoms with Gasteiger partial charge in [0.15, 0.2) is 0 Å². The maximum Gasteiger partial charge on any atom is 0.306 e. The van der Waals surface area contributed by atoms with Gasteiger partial charge in [-0.05, 0) is 75.2 Å². The number of hydrogen-bond donors (Lipinski definition) is 1. The second kappa shape index (κ2) is 10.5. The van der Waals surface area contributed by atoms with E-state index in [4.69, 9.17) is 9.84 Å². The number of rotatable bonds is 7. The third-order valence-electron chi connectivity index (χ3n) is 7.25. The molecule has 5 heteroatoms. The fraction of sp³-hybridized carbons (Fsp3) is 0.519. The van der Waals surface area contributed by atoms with Gasteiger partial charge in [-0.25, -0.2) is 4.39 Å². The standard InChI is InChI=1S/C27H34FNO3/c1-2-19-6-10-23(11-7-19)32-24-12-8-20(9-13-24)25-5-3-4-22(26(25)28)18-29-16-14-21(15-17-29)27(30)31/h3-5,8-9,12-13,19,21,23H,2,6-7,10-11,14-18H2,1H3,(H,30,31). The topological polar surface area (TPSA) is 49.8 Å². The highest BCUT2D eigenvalue weighted by molar-refractivity contribution is 5.70. The van der Waals surface area contributed by atoms with Crippen molar-refractivity contribution in [1.29, 1.82) is 0 Å². The molecule has 0 aromatic heterocycles. The molecule has 0 radical (unpaired) electrons. The average Bonchev–Trinajstić information content (AvgIpc) is 2.82. The van der Waals surface area contributed by atoms with Crippen molar-refractivity contribution in [1.82, 2.24) is 4.90 Å². The zero-order chi connectivity index (χ0) is 22.5. The van der Waals surface area contributed by atoms with Crippen LogP contribution < -0.4 is 4.74 Å². The summed E-state index contributed by atoms with van der Waals surface area (Å²) in [6.07, 6.45) is 7.50. The van der Waals surface area contributed by atoms with E-state index in [0.29, 0.717) is 43.6 Å². The number of halogens is 1. The molecule has 0 atom stereocenters. The van der Waals surface area contributed by atoms with Crippen LogP contribution in [0.25, 0.3) is 11.1 Å². The maximum absolute atomic E-state index is 15.3. The van der Waals surface area contributed by atoms with Crippen LogP contribution in [0.3, 0.4) is 0 Å². The first kappa shape index (κ1) is 22.8. The summed E-state index contributed by atoms with van der Waals surface area (Å²) in [5.74, 6) is 0.505. The summed E-state index contributed by atoms with van der Waals surface area (Å²) in [5.41, 5.74) is 2.10. The number of carboxylic acid groups (broad SMARTS) is 1. The number of ether oxygens (including phenoxy) is 1. The Kier molecular flexibility index (Phi) is 7.46. The molecule has 0 bridgehead atoms. The summed E-state index contributed by atoms with van der Waals surface area (Å²) < 4.78 is 21.5. The molecule has 4 rings (SSSR count). The van der Waals surface area contributed by atoms with E-state index in [9.17, 15) is 4.79 Å². The molecule has 1 aliphatic heterocycles. The molecule has 2 aliphatic rings. The van der Waals surface area contributed by atoms with E-state index in [1.807, 2.05) is 42.5 Å². The van der Waals surface area contributed by atoms with Gasteiger partial charge < -0.3 is 9.84 Å². The molecule has 172 valence electrons. The van der Waals surface area contributed by atoms with E-state index in [1.54, 1.807) is 0 Å². The molecule has 1 saturated heterocycles.